The molecule has 1 aliphatic carbocycles. The molecule has 1 aromatic carbocycles. The maximum Gasteiger partial charge on any atom is 0.257 e. The van der Waals surface area contributed by atoms with Gasteiger partial charge in [0.1, 0.15) is 17.2 Å². The molecule has 0 spiro atoms. The Morgan fingerprint density at radius 2 is 1.90 bits per heavy atom. The van der Waals surface area contributed by atoms with E-state index < -0.39 is 23.1 Å². The van der Waals surface area contributed by atoms with E-state index in [2.05, 4.69) is 21.2 Å². The molecule has 0 bridgehead atoms. The standard InChI is InChI=1S/C14H16BrF2NOS/c1-20-12-5-3-2-4-11(12)18-14(19)13-9(16)6-8(15)7-10(13)17/h6-7,11-12H,2-5H2,1H3,(H,18,19). The Kier molecular flexibility index (Phi) is 5.43. The van der Waals surface area contributed by atoms with Gasteiger partial charge in [-0.1, -0.05) is 28.8 Å². The normalized spacial score (nSPS) is 22.6. The fourth-order valence-corrected chi connectivity index (χ4v) is 3.88. The zero-order valence-corrected chi connectivity index (χ0v) is 13.5. The van der Waals surface area contributed by atoms with Gasteiger partial charge < -0.3 is 5.32 Å². The molecule has 1 fully saturated rings. The molecule has 2 nitrogen and oxygen atoms in total. The van der Waals surface area contributed by atoms with E-state index in [0.717, 1.165) is 37.8 Å². The highest BCUT2D eigenvalue weighted by Gasteiger charge is 2.28. The predicted molar refractivity (Wildman–Crippen MR) is 81.1 cm³/mol. The van der Waals surface area contributed by atoms with Gasteiger partial charge in [-0.15, -0.1) is 0 Å². The number of nitrogens with one attached hydrogen (secondary N) is 1. The summed E-state index contributed by atoms with van der Waals surface area (Å²) in [6, 6.07) is 2.18. The number of carbonyl (C=O) groups excluding carboxylic acids is 1. The van der Waals surface area contributed by atoms with Crippen molar-refractivity contribution in [1.29, 1.82) is 0 Å². The first kappa shape index (κ1) is 15.8. The molecule has 0 aliphatic heterocycles. The molecule has 1 amide bonds. The van der Waals surface area contributed by atoms with Crippen LogP contribution in [0.2, 0.25) is 0 Å². The molecule has 0 saturated heterocycles. The number of thioether (sulfide) groups is 1. The Bertz CT molecular complexity index is 489. The molecule has 1 saturated carbocycles. The van der Waals surface area contributed by atoms with Gasteiger partial charge >= 0.3 is 0 Å². The van der Waals surface area contributed by atoms with E-state index in [0.29, 0.717) is 5.25 Å². The van der Waals surface area contributed by atoms with Crippen LogP contribution < -0.4 is 5.32 Å². The second-order valence-corrected chi connectivity index (χ2v) is 6.88. The quantitative estimate of drug-likeness (QED) is 0.874. The zero-order chi connectivity index (χ0) is 14.7. The molecule has 0 heterocycles. The largest absolute Gasteiger partial charge is 0.348 e. The van der Waals surface area contributed by atoms with Gasteiger partial charge in [0.25, 0.3) is 5.91 Å². The average molecular weight is 364 g/mol. The van der Waals surface area contributed by atoms with Crippen LogP contribution in [0.1, 0.15) is 36.0 Å². The number of rotatable bonds is 3. The molecule has 2 atom stereocenters. The van der Waals surface area contributed by atoms with Crippen molar-refractivity contribution in [2.24, 2.45) is 0 Å². The highest BCUT2D eigenvalue weighted by Crippen LogP contribution is 2.28. The van der Waals surface area contributed by atoms with Gasteiger partial charge in [0.05, 0.1) is 0 Å². The molecule has 1 aromatic rings. The smallest absolute Gasteiger partial charge is 0.257 e. The Balaban J connectivity index is 2.16. The Morgan fingerprint density at radius 3 is 2.50 bits per heavy atom. The van der Waals surface area contributed by atoms with Crippen LogP contribution in [0.25, 0.3) is 0 Å². The van der Waals surface area contributed by atoms with Crippen LogP contribution in [-0.2, 0) is 0 Å². The lowest BCUT2D eigenvalue weighted by atomic mass is 9.94. The summed E-state index contributed by atoms with van der Waals surface area (Å²) in [6.07, 6.45) is 6.05. The number of carbonyl (C=O) groups is 1. The summed E-state index contributed by atoms with van der Waals surface area (Å²) in [4.78, 5) is 12.1. The van der Waals surface area contributed by atoms with Gasteiger partial charge in [-0.25, -0.2) is 8.78 Å². The molecule has 1 N–H and O–H groups in total. The van der Waals surface area contributed by atoms with Gasteiger partial charge in [0.15, 0.2) is 0 Å². The van der Waals surface area contributed by atoms with Crippen molar-refractivity contribution in [1.82, 2.24) is 5.32 Å². The summed E-state index contributed by atoms with van der Waals surface area (Å²) < 4.78 is 27.8. The molecule has 110 valence electrons. The molecular weight excluding hydrogens is 348 g/mol. The molecular formula is C14H16BrF2NOS. The molecule has 1 aliphatic rings. The predicted octanol–water partition coefficient (Wildman–Crippen LogP) is 4.13. The van der Waals surface area contributed by atoms with E-state index in [4.69, 9.17) is 0 Å². The van der Waals surface area contributed by atoms with Crippen LogP contribution in [0.3, 0.4) is 0 Å². The lowest BCUT2D eigenvalue weighted by Crippen LogP contribution is -2.44. The summed E-state index contributed by atoms with van der Waals surface area (Å²) in [6.45, 7) is 0. The van der Waals surface area contributed by atoms with Crippen molar-refractivity contribution in [2.75, 3.05) is 6.26 Å². The number of hydrogen-bond donors (Lipinski definition) is 1. The minimum atomic E-state index is -0.842. The number of amides is 1. The molecule has 2 unspecified atom stereocenters. The number of halogens is 3. The first-order chi connectivity index (χ1) is 9.52. The van der Waals surface area contributed by atoms with E-state index in [9.17, 15) is 13.6 Å². The summed E-state index contributed by atoms with van der Waals surface area (Å²) in [5.41, 5.74) is -0.501. The summed E-state index contributed by atoms with van der Waals surface area (Å²) in [7, 11) is 0. The Labute approximate surface area is 129 Å². The maximum atomic E-state index is 13.8. The highest BCUT2D eigenvalue weighted by atomic mass is 79.9. The summed E-state index contributed by atoms with van der Waals surface area (Å²) in [5.74, 6) is -2.35. The maximum absolute atomic E-state index is 13.8. The van der Waals surface area contributed by atoms with Crippen LogP contribution in [0.5, 0.6) is 0 Å². The first-order valence-corrected chi connectivity index (χ1v) is 8.59. The fraction of sp³-hybridized carbons (Fsp3) is 0.500. The molecule has 6 heteroatoms. The average Bonchev–Trinajstić information content (AvgIpc) is 2.38. The van der Waals surface area contributed by atoms with Gasteiger partial charge in [-0.2, -0.15) is 11.8 Å². The third-order valence-electron chi connectivity index (χ3n) is 3.56. The molecule has 2 rings (SSSR count). The van der Waals surface area contributed by atoms with E-state index in [1.165, 1.54) is 0 Å². The van der Waals surface area contributed by atoms with Crippen molar-refractivity contribution in [3.8, 4) is 0 Å². The van der Waals surface area contributed by atoms with Crippen molar-refractivity contribution in [3.05, 3.63) is 33.8 Å². The van der Waals surface area contributed by atoms with Gasteiger partial charge in [0, 0.05) is 15.8 Å². The van der Waals surface area contributed by atoms with Gasteiger partial charge in [0.2, 0.25) is 0 Å². The van der Waals surface area contributed by atoms with E-state index in [-0.39, 0.29) is 10.5 Å². The monoisotopic (exact) mass is 363 g/mol. The van der Waals surface area contributed by atoms with Crippen molar-refractivity contribution < 1.29 is 13.6 Å². The minimum Gasteiger partial charge on any atom is -0.348 e. The third-order valence-corrected chi connectivity index (χ3v) is 5.18. The third kappa shape index (κ3) is 3.52. The fourth-order valence-electron chi connectivity index (χ4n) is 2.54. The van der Waals surface area contributed by atoms with Crippen molar-refractivity contribution >= 4 is 33.6 Å². The van der Waals surface area contributed by atoms with Crippen LogP contribution in [0.15, 0.2) is 16.6 Å². The molecule has 0 aromatic heterocycles. The summed E-state index contributed by atoms with van der Waals surface area (Å²) in [5, 5.41) is 3.10. The first-order valence-electron chi connectivity index (χ1n) is 6.51. The SMILES string of the molecule is CSC1CCCCC1NC(=O)c1c(F)cc(Br)cc1F. The minimum absolute atomic E-state index is 0.0197. The van der Waals surface area contributed by atoms with Gasteiger partial charge in [-0.05, 0) is 31.2 Å². The topological polar surface area (TPSA) is 29.1 Å². The van der Waals surface area contributed by atoms with Crippen LogP contribution in [0.4, 0.5) is 8.78 Å². The molecule has 20 heavy (non-hydrogen) atoms. The van der Waals surface area contributed by atoms with E-state index in [1.807, 2.05) is 6.26 Å². The highest BCUT2D eigenvalue weighted by molar-refractivity contribution is 9.10. The molecule has 0 radical (unpaired) electrons. The van der Waals surface area contributed by atoms with Crippen LogP contribution in [0, 0.1) is 11.6 Å². The second kappa shape index (κ2) is 6.89. The number of hydrogen-bond acceptors (Lipinski definition) is 2. The second-order valence-electron chi connectivity index (χ2n) is 4.88. The van der Waals surface area contributed by atoms with E-state index in [1.54, 1.807) is 11.8 Å². The van der Waals surface area contributed by atoms with Gasteiger partial charge in [-0.3, -0.25) is 4.79 Å². The lowest BCUT2D eigenvalue weighted by molar-refractivity contribution is 0.0921. The van der Waals surface area contributed by atoms with Crippen LogP contribution in [-0.4, -0.2) is 23.5 Å². The van der Waals surface area contributed by atoms with Crippen molar-refractivity contribution in [3.63, 3.8) is 0 Å². The zero-order valence-electron chi connectivity index (χ0n) is 11.1. The summed E-state index contributed by atoms with van der Waals surface area (Å²) >= 11 is 4.69. The number of benzene rings is 1. The Hall–Kier alpha value is -0.620. The Morgan fingerprint density at radius 1 is 1.30 bits per heavy atom. The van der Waals surface area contributed by atoms with E-state index >= 15 is 0 Å². The lowest BCUT2D eigenvalue weighted by Gasteiger charge is -2.31. The van der Waals surface area contributed by atoms with Crippen LogP contribution >= 0.6 is 27.7 Å². The van der Waals surface area contributed by atoms with Crippen molar-refractivity contribution in [2.45, 2.75) is 37.0 Å².